The summed E-state index contributed by atoms with van der Waals surface area (Å²) in [5.74, 6) is -1.25. The maximum Gasteiger partial charge on any atom is 0.469 e. The fraction of sp³-hybridized carbons (Fsp3) is 0.610. The predicted molar refractivity (Wildman–Crippen MR) is 211 cm³/mol. The first kappa shape index (κ1) is 50.1. The maximum atomic E-state index is 12.4. The van der Waals surface area contributed by atoms with Crippen LogP contribution >= 0.6 is 7.82 Å². The number of hydrogen-bond acceptors (Lipinski definition) is 9. The van der Waals surface area contributed by atoms with Crippen LogP contribution in [0.25, 0.3) is 0 Å². The Labute approximate surface area is 318 Å². The van der Waals surface area contributed by atoms with Crippen LogP contribution in [-0.2, 0) is 28.2 Å². The van der Waals surface area contributed by atoms with Crippen LogP contribution in [-0.4, -0.2) is 74.7 Å². The van der Waals surface area contributed by atoms with Gasteiger partial charge in [0.05, 0.1) is 24.9 Å². The van der Waals surface area contributed by atoms with Crippen molar-refractivity contribution in [3.05, 3.63) is 85.1 Å². The van der Waals surface area contributed by atoms with Gasteiger partial charge in [-0.2, -0.15) is 0 Å². The molecule has 0 spiro atoms. The van der Waals surface area contributed by atoms with Crippen molar-refractivity contribution in [3.63, 3.8) is 0 Å². The molecule has 12 heteroatoms. The molecule has 0 aliphatic rings. The molecule has 302 valence electrons. The second-order valence-corrected chi connectivity index (χ2v) is 14.0. The minimum Gasteiger partial charge on any atom is -0.462 e. The molecule has 0 aromatic heterocycles. The molecule has 0 radical (unpaired) electrons. The van der Waals surface area contributed by atoms with Gasteiger partial charge in [-0.3, -0.25) is 14.1 Å². The molecule has 5 N–H and O–H groups in total. The molecule has 0 fully saturated rings. The third-order valence-corrected chi connectivity index (χ3v) is 8.25. The Bertz CT molecular complexity index is 1180. The van der Waals surface area contributed by atoms with Gasteiger partial charge in [0.15, 0.2) is 6.10 Å². The van der Waals surface area contributed by atoms with E-state index in [0.29, 0.717) is 6.42 Å². The summed E-state index contributed by atoms with van der Waals surface area (Å²) in [6, 6.07) is 0. The lowest BCUT2D eigenvalue weighted by atomic mass is 10.1. The smallest absolute Gasteiger partial charge is 0.462 e. The van der Waals surface area contributed by atoms with Gasteiger partial charge in [-0.1, -0.05) is 137 Å². The van der Waals surface area contributed by atoms with E-state index in [1.807, 2.05) is 0 Å². The van der Waals surface area contributed by atoms with Crippen LogP contribution in [0.1, 0.15) is 123 Å². The molecule has 0 bridgehead atoms. The molecule has 4 atom stereocenters. The highest BCUT2D eigenvalue weighted by Gasteiger charge is 2.23. The second-order valence-electron chi connectivity index (χ2n) is 12.7. The monoisotopic (exact) mass is 766 g/mol. The van der Waals surface area contributed by atoms with Gasteiger partial charge in [-0.05, 0) is 57.8 Å². The number of aliphatic hydroxyl groups excluding tert-OH is 3. The van der Waals surface area contributed by atoms with E-state index >= 15 is 0 Å². The summed E-state index contributed by atoms with van der Waals surface area (Å²) in [6.07, 6.45) is 35.3. The molecular formula is C41H67O11P. The number of carbonyl (C=O) groups excluding carboxylic acids is 2. The van der Waals surface area contributed by atoms with Gasteiger partial charge >= 0.3 is 19.8 Å². The van der Waals surface area contributed by atoms with Crippen molar-refractivity contribution in [2.75, 3.05) is 13.2 Å². The summed E-state index contributed by atoms with van der Waals surface area (Å²) in [4.78, 5) is 42.8. The minimum atomic E-state index is -4.84. The van der Waals surface area contributed by atoms with Gasteiger partial charge in [-0.15, -0.1) is 0 Å². The molecule has 0 aromatic carbocycles. The zero-order chi connectivity index (χ0) is 39.4. The molecule has 0 amide bonds. The SMILES string of the molecule is CC/C=C\C/C=C\C/C=C\CCCCCCCC(=O)O[C@H](COC(=O)CCC[C@@H](O)[C@H](O)/C=C/C=C/C=C\C=C\[C@H](O)CCCCC)COP(=O)(O)O. The normalized spacial score (nSPS) is 15.2. The molecule has 0 saturated carbocycles. The zero-order valence-corrected chi connectivity index (χ0v) is 32.9. The highest BCUT2D eigenvalue weighted by Crippen LogP contribution is 2.36. The van der Waals surface area contributed by atoms with Crippen molar-refractivity contribution in [2.24, 2.45) is 0 Å². The van der Waals surface area contributed by atoms with Crippen LogP contribution in [0, 0.1) is 0 Å². The van der Waals surface area contributed by atoms with E-state index < -0.39 is 57.4 Å². The average Bonchev–Trinajstić information content (AvgIpc) is 3.11. The third kappa shape index (κ3) is 35.9. The van der Waals surface area contributed by atoms with Crippen molar-refractivity contribution < 1.29 is 53.3 Å². The summed E-state index contributed by atoms with van der Waals surface area (Å²) in [5, 5.41) is 30.2. The molecule has 0 heterocycles. The molecule has 0 rings (SSSR count). The average molecular weight is 767 g/mol. The van der Waals surface area contributed by atoms with Crippen LogP contribution in [0.4, 0.5) is 0 Å². The van der Waals surface area contributed by atoms with E-state index in [1.54, 1.807) is 42.5 Å². The summed E-state index contributed by atoms with van der Waals surface area (Å²) in [6.45, 7) is 3.13. The standard InChI is InChI=1S/C41H67O11P/c1-3-5-7-8-9-10-11-12-13-14-15-16-17-22-26-32-41(46)52-37(35-51-53(47,48)49)34-50-40(45)33-27-31-39(44)38(43)30-25-21-19-18-20-24-29-36(42)28-23-6-4-2/h5,7,9-10,12-13,18-21,24-25,29-30,36-39,42-44H,3-4,6,8,11,14-17,22-23,26-28,31-35H2,1-2H3,(H2,47,48,49)/b7-5-,10-9-,13-12-,20-18-,21-19+,29-24+,30-25+/t36-,37-,38-,39-/m1/s1. The van der Waals surface area contributed by atoms with Gasteiger partial charge in [0, 0.05) is 12.8 Å². The first-order valence-electron chi connectivity index (χ1n) is 19.2. The van der Waals surface area contributed by atoms with Gasteiger partial charge in [-0.25, -0.2) is 4.57 Å². The number of ether oxygens (including phenoxy) is 2. The summed E-state index contributed by atoms with van der Waals surface area (Å²) < 4.78 is 26.1. The number of rotatable bonds is 33. The number of phosphoric acid groups is 1. The Morgan fingerprint density at radius 1 is 0.642 bits per heavy atom. The number of unbranched alkanes of at least 4 members (excludes halogenated alkanes) is 7. The lowest BCUT2D eigenvalue weighted by molar-refractivity contribution is -0.161. The van der Waals surface area contributed by atoms with Gasteiger partial charge in [0.25, 0.3) is 0 Å². The highest BCUT2D eigenvalue weighted by molar-refractivity contribution is 7.46. The molecule has 0 aliphatic carbocycles. The summed E-state index contributed by atoms with van der Waals surface area (Å²) >= 11 is 0. The van der Waals surface area contributed by atoms with E-state index in [4.69, 9.17) is 19.3 Å². The number of aliphatic hydroxyl groups is 3. The third-order valence-electron chi connectivity index (χ3n) is 7.76. The first-order chi connectivity index (χ1) is 25.5. The lowest BCUT2D eigenvalue weighted by Gasteiger charge is -2.18. The van der Waals surface area contributed by atoms with E-state index in [0.717, 1.165) is 77.0 Å². The van der Waals surface area contributed by atoms with E-state index in [2.05, 4.69) is 54.8 Å². The van der Waals surface area contributed by atoms with E-state index in [-0.39, 0.29) is 25.7 Å². The number of phosphoric ester groups is 1. The van der Waals surface area contributed by atoms with Crippen molar-refractivity contribution >= 4 is 19.8 Å². The molecule has 0 aromatic rings. The fourth-order valence-corrected chi connectivity index (χ4v) is 5.13. The van der Waals surface area contributed by atoms with Crippen LogP contribution in [0.3, 0.4) is 0 Å². The number of hydrogen-bond donors (Lipinski definition) is 5. The van der Waals surface area contributed by atoms with Gasteiger partial charge in [0.2, 0.25) is 0 Å². The van der Waals surface area contributed by atoms with E-state index in [9.17, 15) is 29.5 Å². The summed E-state index contributed by atoms with van der Waals surface area (Å²) in [5.41, 5.74) is 0. The Hall–Kier alpha value is -2.89. The number of carbonyl (C=O) groups is 2. The van der Waals surface area contributed by atoms with Crippen molar-refractivity contribution in [3.8, 4) is 0 Å². The largest absolute Gasteiger partial charge is 0.469 e. The zero-order valence-electron chi connectivity index (χ0n) is 32.0. The number of esters is 2. The van der Waals surface area contributed by atoms with Crippen LogP contribution in [0.15, 0.2) is 85.1 Å². The van der Waals surface area contributed by atoms with Crippen LogP contribution < -0.4 is 0 Å². The maximum absolute atomic E-state index is 12.4. The lowest BCUT2D eigenvalue weighted by Crippen LogP contribution is -2.29. The summed E-state index contributed by atoms with van der Waals surface area (Å²) in [7, 11) is -4.84. The van der Waals surface area contributed by atoms with Crippen molar-refractivity contribution in [2.45, 2.75) is 147 Å². The predicted octanol–water partition coefficient (Wildman–Crippen LogP) is 8.20. The molecule has 53 heavy (non-hydrogen) atoms. The molecular weight excluding hydrogens is 699 g/mol. The topological polar surface area (TPSA) is 180 Å². The molecule has 0 aliphatic heterocycles. The van der Waals surface area contributed by atoms with Crippen molar-refractivity contribution in [1.29, 1.82) is 0 Å². The Balaban J connectivity index is 4.36. The second kappa shape index (κ2) is 34.9. The Morgan fingerprint density at radius 2 is 1.25 bits per heavy atom. The molecule has 11 nitrogen and oxygen atoms in total. The molecule has 0 unspecified atom stereocenters. The number of allylic oxidation sites excluding steroid dienone is 12. The first-order valence-corrected chi connectivity index (χ1v) is 20.7. The Morgan fingerprint density at radius 3 is 1.92 bits per heavy atom. The Kier molecular flexibility index (Phi) is 33.0. The highest BCUT2D eigenvalue weighted by atomic mass is 31.2. The van der Waals surface area contributed by atoms with Crippen molar-refractivity contribution in [1.82, 2.24) is 0 Å². The van der Waals surface area contributed by atoms with Gasteiger partial charge < -0.3 is 34.6 Å². The van der Waals surface area contributed by atoms with Crippen LogP contribution in [0.2, 0.25) is 0 Å². The van der Waals surface area contributed by atoms with Gasteiger partial charge in [0.1, 0.15) is 6.61 Å². The van der Waals surface area contributed by atoms with E-state index in [1.165, 1.54) is 6.08 Å². The minimum absolute atomic E-state index is 0.0944. The molecule has 0 saturated heterocycles. The fourth-order valence-electron chi connectivity index (χ4n) is 4.77. The quantitative estimate of drug-likeness (QED) is 0.0143. The van der Waals surface area contributed by atoms with Crippen LogP contribution in [0.5, 0.6) is 0 Å².